The van der Waals surface area contributed by atoms with Crippen molar-refractivity contribution in [2.24, 2.45) is 17.8 Å². The van der Waals surface area contributed by atoms with Gasteiger partial charge in [0.25, 0.3) is 0 Å². The van der Waals surface area contributed by atoms with E-state index in [0.717, 1.165) is 28.2 Å². The van der Waals surface area contributed by atoms with E-state index < -0.39 is 0 Å². The standard InChI is InChI=1S/C17H19NO/c19-17(16-13-7-3-4-8-14(13)16)15-10-18-9-11-5-1-2-6-12(11)15/h1-2,5-6,9-10,13-14,16-17,19H,3-4,7-8H2. The molecule has 0 amide bonds. The van der Waals surface area contributed by atoms with Gasteiger partial charge in [-0.15, -0.1) is 0 Å². The summed E-state index contributed by atoms with van der Waals surface area (Å²) in [5.41, 5.74) is 1.03. The quantitative estimate of drug-likeness (QED) is 0.885. The van der Waals surface area contributed by atoms with Gasteiger partial charge >= 0.3 is 0 Å². The van der Waals surface area contributed by atoms with Gasteiger partial charge in [0.05, 0.1) is 6.10 Å². The van der Waals surface area contributed by atoms with Gasteiger partial charge in [0.1, 0.15) is 0 Å². The van der Waals surface area contributed by atoms with Gasteiger partial charge in [-0.1, -0.05) is 37.1 Å². The maximum atomic E-state index is 10.7. The van der Waals surface area contributed by atoms with Crippen molar-refractivity contribution in [1.82, 2.24) is 4.98 Å². The number of benzene rings is 1. The first-order chi connectivity index (χ1) is 9.36. The summed E-state index contributed by atoms with van der Waals surface area (Å²) >= 11 is 0. The number of hydrogen-bond donors (Lipinski definition) is 1. The second kappa shape index (κ2) is 4.31. The van der Waals surface area contributed by atoms with E-state index in [1.807, 2.05) is 24.5 Å². The maximum Gasteiger partial charge on any atom is 0.0844 e. The van der Waals surface area contributed by atoms with E-state index in [-0.39, 0.29) is 6.10 Å². The molecule has 2 fully saturated rings. The van der Waals surface area contributed by atoms with Crippen LogP contribution in [0, 0.1) is 17.8 Å². The van der Waals surface area contributed by atoms with E-state index in [0.29, 0.717) is 5.92 Å². The number of rotatable bonds is 2. The van der Waals surface area contributed by atoms with E-state index in [1.54, 1.807) is 0 Å². The van der Waals surface area contributed by atoms with Crippen LogP contribution in [0.1, 0.15) is 37.4 Å². The monoisotopic (exact) mass is 253 g/mol. The van der Waals surface area contributed by atoms with Crippen LogP contribution in [0.2, 0.25) is 0 Å². The van der Waals surface area contributed by atoms with Crippen LogP contribution < -0.4 is 0 Å². The highest BCUT2D eigenvalue weighted by Gasteiger charge is 2.54. The highest BCUT2D eigenvalue weighted by molar-refractivity contribution is 5.85. The van der Waals surface area contributed by atoms with Crippen molar-refractivity contribution in [3.05, 3.63) is 42.2 Å². The van der Waals surface area contributed by atoms with Gasteiger partial charge in [-0.25, -0.2) is 0 Å². The van der Waals surface area contributed by atoms with Crippen LogP contribution in [-0.4, -0.2) is 10.1 Å². The summed E-state index contributed by atoms with van der Waals surface area (Å²) in [5.74, 6) is 2.01. The average Bonchev–Trinajstić information content (AvgIpc) is 3.20. The first-order valence-electron chi connectivity index (χ1n) is 7.37. The van der Waals surface area contributed by atoms with E-state index in [1.165, 1.54) is 25.7 Å². The van der Waals surface area contributed by atoms with Gasteiger partial charge in [0.15, 0.2) is 0 Å². The minimum atomic E-state index is -0.327. The first-order valence-corrected chi connectivity index (χ1v) is 7.37. The molecular weight excluding hydrogens is 234 g/mol. The number of nitrogens with zero attached hydrogens (tertiary/aromatic N) is 1. The van der Waals surface area contributed by atoms with E-state index in [4.69, 9.17) is 0 Å². The molecule has 98 valence electrons. The zero-order chi connectivity index (χ0) is 12.8. The zero-order valence-electron chi connectivity index (χ0n) is 11.0. The lowest BCUT2D eigenvalue weighted by Gasteiger charge is -2.13. The topological polar surface area (TPSA) is 33.1 Å². The summed E-state index contributed by atoms with van der Waals surface area (Å²) in [7, 11) is 0. The Hall–Kier alpha value is -1.41. The molecule has 2 heteroatoms. The molecule has 0 spiro atoms. The SMILES string of the molecule is OC(c1cncc2ccccc12)C1C2CCCCC21. The van der Waals surface area contributed by atoms with Crippen LogP contribution >= 0.6 is 0 Å². The molecule has 2 saturated carbocycles. The van der Waals surface area contributed by atoms with Gasteiger partial charge in [-0.3, -0.25) is 4.98 Å². The largest absolute Gasteiger partial charge is 0.388 e. The molecule has 1 N–H and O–H groups in total. The fourth-order valence-corrected chi connectivity index (χ4v) is 4.10. The summed E-state index contributed by atoms with van der Waals surface area (Å²) in [4.78, 5) is 4.30. The number of fused-ring (bicyclic) bond motifs is 2. The van der Waals surface area contributed by atoms with Crippen molar-refractivity contribution < 1.29 is 5.11 Å². The molecule has 0 radical (unpaired) electrons. The lowest BCUT2D eigenvalue weighted by Crippen LogP contribution is -2.03. The lowest BCUT2D eigenvalue weighted by atomic mass is 9.99. The minimum Gasteiger partial charge on any atom is -0.388 e. The molecule has 0 aliphatic heterocycles. The molecule has 19 heavy (non-hydrogen) atoms. The van der Waals surface area contributed by atoms with E-state index in [9.17, 15) is 5.11 Å². The van der Waals surface area contributed by atoms with Crippen molar-refractivity contribution in [1.29, 1.82) is 0 Å². The third-order valence-corrected chi connectivity index (χ3v) is 5.11. The van der Waals surface area contributed by atoms with Gasteiger partial charge in [-0.2, -0.15) is 0 Å². The number of pyridine rings is 1. The number of aromatic nitrogens is 1. The second-order valence-corrected chi connectivity index (χ2v) is 6.08. The Morgan fingerprint density at radius 3 is 2.58 bits per heavy atom. The van der Waals surface area contributed by atoms with Crippen molar-refractivity contribution in [3.8, 4) is 0 Å². The summed E-state index contributed by atoms with van der Waals surface area (Å²) in [5, 5.41) is 13.0. The molecule has 2 aromatic rings. The van der Waals surface area contributed by atoms with Crippen LogP contribution in [-0.2, 0) is 0 Å². The molecular formula is C17H19NO. The Labute approximate surface area is 113 Å². The van der Waals surface area contributed by atoms with Crippen LogP contribution in [0.4, 0.5) is 0 Å². The Kier molecular flexibility index (Phi) is 2.59. The second-order valence-electron chi connectivity index (χ2n) is 6.08. The molecule has 1 heterocycles. The van der Waals surface area contributed by atoms with E-state index in [2.05, 4.69) is 17.1 Å². The predicted molar refractivity (Wildman–Crippen MR) is 75.6 cm³/mol. The highest BCUT2D eigenvalue weighted by Crippen LogP contribution is 2.60. The molecule has 2 aliphatic rings. The number of hydrogen-bond acceptors (Lipinski definition) is 2. The Bertz CT molecular complexity index is 592. The molecule has 2 aliphatic carbocycles. The van der Waals surface area contributed by atoms with Gasteiger partial charge in [0.2, 0.25) is 0 Å². The fourth-order valence-electron chi connectivity index (χ4n) is 4.10. The number of aliphatic hydroxyl groups is 1. The maximum absolute atomic E-state index is 10.7. The average molecular weight is 253 g/mol. The summed E-state index contributed by atoms with van der Waals surface area (Å²) in [6.45, 7) is 0. The first kappa shape index (κ1) is 11.4. The summed E-state index contributed by atoms with van der Waals surface area (Å²) < 4.78 is 0. The minimum absolute atomic E-state index is 0.327. The summed E-state index contributed by atoms with van der Waals surface area (Å²) in [6.07, 6.45) is 8.72. The highest BCUT2D eigenvalue weighted by atomic mass is 16.3. The van der Waals surface area contributed by atoms with Crippen molar-refractivity contribution in [2.75, 3.05) is 0 Å². The number of aliphatic hydroxyl groups excluding tert-OH is 1. The third-order valence-electron chi connectivity index (χ3n) is 5.11. The Morgan fingerprint density at radius 2 is 1.79 bits per heavy atom. The smallest absolute Gasteiger partial charge is 0.0844 e. The van der Waals surface area contributed by atoms with Crippen LogP contribution in [0.3, 0.4) is 0 Å². The molecule has 3 atom stereocenters. The molecule has 0 saturated heterocycles. The third kappa shape index (κ3) is 1.78. The molecule has 1 aromatic carbocycles. The summed E-state index contributed by atoms with van der Waals surface area (Å²) in [6, 6.07) is 8.23. The normalized spacial score (nSPS) is 30.9. The molecule has 1 aromatic heterocycles. The van der Waals surface area contributed by atoms with Crippen molar-refractivity contribution >= 4 is 10.8 Å². The Balaban J connectivity index is 1.71. The predicted octanol–water partition coefficient (Wildman–Crippen LogP) is 3.70. The van der Waals surface area contributed by atoms with Crippen molar-refractivity contribution in [3.63, 3.8) is 0 Å². The lowest BCUT2D eigenvalue weighted by molar-refractivity contribution is 0.143. The molecule has 0 bridgehead atoms. The van der Waals surface area contributed by atoms with Gasteiger partial charge < -0.3 is 5.11 Å². The van der Waals surface area contributed by atoms with Crippen LogP contribution in [0.15, 0.2) is 36.7 Å². The van der Waals surface area contributed by atoms with Gasteiger partial charge in [-0.05, 0) is 36.0 Å². The van der Waals surface area contributed by atoms with E-state index >= 15 is 0 Å². The molecule has 4 rings (SSSR count). The Morgan fingerprint density at radius 1 is 1.05 bits per heavy atom. The van der Waals surface area contributed by atoms with Crippen molar-refractivity contribution in [2.45, 2.75) is 31.8 Å². The van der Waals surface area contributed by atoms with Crippen LogP contribution in [0.25, 0.3) is 10.8 Å². The van der Waals surface area contributed by atoms with Crippen LogP contribution in [0.5, 0.6) is 0 Å². The fraction of sp³-hybridized carbons (Fsp3) is 0.471. The molecule has 3 unspecified atom stereocenters. The molecule has 2 nitrogen and oxygen atoms in total. The zero-order valence-corrected chi connectivity index (χ0v) is 11.0. The van der Waals surface area contributed by atoms with Gasteiger partial charge in [0, 0.05) is 23.3 Å².